The second kappa shape index (κ2) is 8.28. The molecule has 1 aliphatic carbocycles. The van der Waals surface area contributed by atoms with Crippen molar-refractivity contribution in [1.29, 1.82) is 0 Å². The number of hydrogen-bond donors (Lipinski definition) is 0. The van der Waals surface area contributed by atoms with E-state index in [2.05, 4.69) is 59.5 Å². The van der Waals surface area contributed by atoms with Crippen molar-refractivity contribution in [3.8, 4) is 0 Å². The fourth-order valence-corrected chi connectivity index (χ4v) is 7.51. The standard InChI is InChI=1S/C29H34ClN3O2/c1-28(2)15-20-16-29(3,18-28)19-33(20)27(34)25-11-10-21(35-25)17-32-14-13-31-12-6-9-24(31)26(32)22-7-4-5-8-23(22)30/h4-12,20,26H,13-19H2,1-3H3. The number of rotatable bonds is 4. The van der Waals surface area contributed by atoms with Crippen LogP contribution in [0.1, 0.15) is 73.6 Å². The average Bonchev–Trinajstić information content (AvgIpc) is 3.51. The van der Waals surface area contributed by atoms with Crippen LogP contribution in [-0.4, -0.2) is 39.4 Å². The molecule has 184 valence electrons. The smallest absolute Gasteiger partial charge is 0.289 e. The van der Waals surface area contributed by atoms with Gasteiger partial charge in [0.1, 0.15) is 5.76 Å². The van der Waals surface area contributed by atoms with Crippen LogP contribution in [-0.2, 0) is 13.1 Å². The predicted octanol–water partition coefficient (Wildman–Crippen LogP) is 6.38. The Morgan fingerprint density at radius 1 is 1.06 bits per heavy atom. The predicted molar refractivity (Wildman–Crippen MR) is 137 cm³/mol. The maximum absolute atomic E-state index is 13.5. The van der Waals surface area contributed by atoms with Gasteiger partial charge in [-0.25, -0.2) is 0 Å². The first kappa shape index (κ1) is 22.9. The quantitative estimate of drug-likeness (QED) is 0.425. The van der Waals surface area contributed by atoms with Crippen LogP contribution in [0.25, 0.3) is 0 Å². The van der Waals surface area contributed by atoms with Crippen LogP contribution >= 0.6 is 11.6 Å². The molecule has 5 nitrogen and oxygen atoms in total. The highest BCUT2D eigenvalue weighted by Crippen LogP contribution is 2.52. The Balaban J connectivity index is 1.23. The lowest BCUT2D eigenvalue weighted by atomic mass is 9.65. The number of carbonyl (C=O) groups is 1. The SMILES string of the molecule is CC1(C)CC2CC(C)(CN2C(=O)c2ccc(CN3CCn4cccc4C3c3ccccc3Cl)o2)C1. The van der Waals surface area contributed by atoms with Gasteiger partial charge >= 0.3 is 0 Å². The Hall–Kier alpha value is -2.50. The third-order valence-electron chi connectivity index (χ3n) is 8.24. The molecule has 1 aromatic carbocycles. The number of amides is 1. The van der Waals surface area contributed by atoms with Crippen LogP contribution in [0, 0.1) is 10.8 Å². The second-order valence-electron chi connectivity index (χ2n) is 11.9. The van der Waals surface area contributed by atoms with Crippen LogP contribution in [0.4, 0.5) is 0 Å². The second-order valence-corrected chi connectivity index (χ2v) is 12.3. The van der Waals surface area contributed by atoms with Crippen molar-refractivity contribution in [3.05, 3.63) is 82.5 Å². The summed E-state index contributed by atoms with van der Waals surface area (Å²) in [7, 11) is 0. The Morgan fingerprint density at radius 3 is 2.71 bits per heavy atom. The number of halogens is 1. The van der Waals surface area contributed by atoms with E-state index in [9.17, 15) is 4.79 Å². The minimum atomic E-state index is 0.0386. The largest absolute Gasteiger partial charge is 0.455 e. The lowest BCUT2D eigenvalue weighted by Crippen LogP contribution is -2.38. The van der Waals surface area contributed by atoms with Crippen LogP contribution in [0.15, 0.2) is 59.1 Å². The zero-order valence-corrected chi connectivity index (χ0v) is 21.6. The number of aromatic nitrogens is 1. The minimum absolute atomic E-state index is 0.0386. The van der Waals surface area contributed by atoms with Crippen molar-refractivity contribution in [1.82, 2.24) is 14.4 Å². The molecule has 3 aromatic rings. The Bertz CT molecular complexity index is 1260. The highest BCUT2D eigenvalue weighted by molar-refractivity contribution is 6.31. The van der Waals surface area contributed by atoms with E-state index in [1.165, 1.54) is 12.1 Å². The monoisotopic (exact) mass is 491 g/mol. The molecule has 3 unspecified atom stereocenters. The van der Waals surface area contributed by atoms with E-state index in [0.717, 1.165) is 48.8 Å². The van der Waals surface area contributed by atoms with Crippen LogP contribution < -0.4 is 0 Å². The Morgan fingerprint density at radius 2 is 1.89 bits per heavy atom. The van der Waals surface area contributed by atoms with Crippen molar-refractivity contribution in [3.63, 3.8) is 0 Å². The Kier molecular flexibility index (Phi) is 5.42. The fourth-order valence-electron chi connectivity index (χ4n) is 7.27. The summed E-state index contributed by atoms with van der Waals surface area (Å²) in [6, 6.07) is 16.5. The molecule has 1 saturated heterocycles. The first-order chi connectivity index (χ1) is 16.7. The molecule has 1 saturated carbocycles. The third kappa shape index (κ3) is 4.13. The first-order valence-electron chi connectivity index (χ1n) is 12.7. The van der Waals surface area contributed by atoms with E-state index in [4.69, 9.17) is 16.0 Å². The van der Waals surface area contributed by atoms with Crippen LogP contribution in [0.3, 0.4) is 0 Å². The molecular weight excluding hydrogens is 458 g/mol. The summed E-state index contributed by atoms with van der Waals surface area (Å²) < 4.78 is 8.51. The molecule has 1 amide bonds. The maximum Gasteiger partial charge on any atom is 0.289 e. The molecular formula is C29H34ClN3O2. The molecule has 3 atom stereocenters. The molecule has 0 radical (unpaired) electrons. The van der Waals surface area contributed by atoms with Gasteiger partial charge in [0.25, 0.3) is 5.91 Å². The minimum Gasteiger partial charge on any atom is -0.455 e. The molecule has 6 rings (SSSR count). The van der Waals surface area contributed by atoms with Gasteiger partial charge in [-0.15, -0.1) is 0 Å². The van der Waals surface area contributed by atoms with E-state index in [1.54, 1.807) is 0 Å². The zero-order valence-electron chi connectivity index (χ0n) is 20.8. The number of nitrogens with zero attached hydrogens (tertiary/aromatic N) is 3. The van der Waals surface area contributed by atoms with Crippen molar-refractivity contribution < 1.29 is 9.21 Å². The molecule has 6 heteroatoms. The molecule has 2 aliphatic heterocycles. The van der Waals surface area contributed by atoms with Crippen molar-refractivity contribution in [2.45, 2.75) is 65.2 Å². The molecule has 2 fully saturated rings. The van der Waals surface area contributed by atoms with Gasteiger partial charge in [0.05, 0.1) is 12.6 Å². The summed E-state index contributed by atoms with van der Waals surface area (Å²) in [5, 5.41) is 0.768. The summed E-state index contributed by atoms with van der Waals surface area (Å²) in [4.78, 5) is 18.0. The zero-order chi connectivity index (χ0) is 24.4. The van der Waals surface area contributed by atoms with Gasteiger partial charge in [-0.2, -0.15) is 0 Å². The van der Waals surface area contributed by atoms with Crippen molar-refractivity contribution in [2.24, 2.45) is 10.8 Å². The van der Waals surface area contributed by atoms with Gasteiger partial charge in [0, 0.05) is 42.6 Å². The lowest BCUT2D eigenvalue weighted by Gasteiger charge is -2.39. The maximum atomic E-state index is 13.5. The molecule has 35 heavy (non-hydrogen) atoms. The number of hydrogen-bond acceptors (Lipinski definition) is 3. The summed E-state index contributed by atoms with van der Waals surface area (Å²) in [5.41, 5.74) is 2.81. The van der Waals surface area contributed by atoms with Gasteiger partial charge in [-0.1, -0.05) is 50.6 Å². The lowest BCUT2D eigenvalue weighted by molar-refractivity contribution is 0.0671. The van der Waals surface area contributed by atoms with Crippen molar-refractivity contribution >= 4 is 17.5 Å². The highest BCUT2D eigenvalue weighted by atomic mass is 35.5. The average molecular weight is 492 g/mol. The van der Waals surface area contributed by atoms with E-state index in [1.807, 2.05) is 30.3 Å². The van der Waals surface area contributed by atoms with Crippen LogP contribution in [0.2, 0.25) is 5.02 Å². The normalized spacial score (nSPS) is 27.7. The number of furan rings is 1. The summed E-state index contributed by atoms with van der Waals surface area (Å²) >= 11 is 6.64. The van der Waals surface area contributed by atoms with Crippen LogP contribution in [0.5, 0.6) is 0 Å². The molecule has 2 bridgehead atoms. The molecule has 4 heterocycles. The van der Waals surface area contributed by atoms with E-state index < -0.39 is 0 Å². The number of benzene rings is 1. The topological polar surface area (TPSA) is 41.6 Å². The molecule has 0 spiro atoms. The summed E-state index contributed by atoms with van der Waals surface area (Å²) in [6.45, 7) is 10.3. The first-order valence-corrected chi connectivity index (χ1v) is 13.1. The summed E-state index contributed by atoms with van der Waals surface area (Å²) in [6.07, 6.45) is 5.47. The number of carbonyl (C=O) groups excluding carboxylic acids is 1. The fraction of sp³-hybridized carbons (Fsp3) is 0.483. The third-order valence-corrected chi connectivity index (χ3v) is 8.59. The summed E-state index contributed by atoms with van der Waals surface area (Å²) in [5.74, 6) is 1.32. The molecule has 0 N–H and O–H groups in total. The van der Waals surface area contributed by atoms with Gasteiger partial charge in [-0.05, 0) is 66.0 Å². The van der Waals surface area contributed by atoms with Gasteiger partial charge in [0.2, 0.25) is 0 Å². The van der Waals surface area contributed by atoms with Gasteiger partial charge in [0.15, 0.2) is 5.76 Å². The van der Waals surface area contributed by atoms with Gasteiger partial charge < -0.3 is 13.9 Å². The van der Waals surface area contributed by atoms with Gasteiger partial charge in [-0.3, -0.25) is 9.69 Å². The molecule has 3 aliphatic rings. The van der Waals surface area contributed by atoms with E-state index in [-0.39, 0.29) is 22.8 Å². The number of likely N-dealkylation sites (tertiary alicyclic amines) is 1. The van der Waals surface area contributed by atoms with E-state index in [0.29, 0.717) is 18.3 Å². The number of fused-ring (bicyclic) bond motifs is 3. The highest BCUT2D eigenvalue weighted by Gasteiger charge is 2.51. The molecule has 2 aromatic heterocycles. The Labute approximate surface area is 212 Å². The van der Waals surface area contributed by atoms with E-state index >= 15 is 0 Å². The van der Waals surface area contributed by atoms with Crippen molar-refractivity contribution in [2.75, 3.05) is 13.1 Å².